The van der Waals surface area contributed by atoms with Gasteiger partial charge in [0.2, 0.25) is 0 Å². The number of nitrogens with one attached hydrogen (secondary N) is 2. The summed E-state index contributed by atoms with van der Waals surface area (Å²) in [5.74, 6) is 0. The normalized spacial score (nSPS) is 11.6. The van der Waals surface area contributed by atoms with Crippen molar-refractivity contribution in [3.05, 3.63) is 75.3 Å². The van der Waals surface area contributed by atoms with Gasteiger partial charge in [-0.15, -0.1) is 0 Å². The summed E-state index contributed by atoms with van der Waals surface area (Å²) in [7, 11) is -3.85. The summed E-state index contributed by atoms with van der Waals surface area (Å²) in [5, 5.41) is 11.1. The van der Waals surface area contributed by atoms with E-state index in [0.717, 1.165) is 4.68 Å². The standard InChI is InChI=1S/C17H11Cl2N5O3S/c18-13-9-21-24(17(25)16(13)19)10-4-6-11(7-5-10)28(26,27)23-15-3-1-2-14-12(15)8-20-22-14/h1-9,23H,(H,20,22). The van der Waals surface area contributed by atoms with Crippen LogP contribution in [0, 0.1) is 0 Å². The van der Waals surface area contributed by atoms with E-state index in [-0.39, 0.29) is 14.9 Å². The number of benzene rings is 2. The molecule has 2 heterocycles. The molecule has 4 aromatic rings. The number of nitrogens with zero attached hydrogens (tertiary/aromatic N) is 3. The monoisotopic (exact) mass is 435 g/mol. The summed E-state index contributed by atoms with van der Waals surface area (Å²) < 4.78 is 29.0. The number of fused-ring (bicyclic) bond motifs is 1. The van der Waals surface area contributed by atoms with Crippen molar-refractivity contribution < 1.29 is 8.42 Å². The first-order valence-corrected chi connectivity index (χ1v) is 10.1. The lowest BCUT2D eigenvalue weighted by atomic mass is 10.2. The zero-order valence-corrected chi connectivity index (χ0v) is 16.3. The third-order valence-corrected chi connectivity index (χ3v) is 6.13. The maximum Gasteiger partial charge on any atom is 0.291 e. The number of hydrogen-bond acceptors (Lipinski definition) is 5. The molecule has 0 aliphatic heterocycles. The van der Waals surface area contributed by atoms with Gasteiger partial charge < -0.3 is 0 Å². The molecule has 2 aromatic heterocycles. The number of aromatic amines is 1. The number of aromatic nitrogens is 4. The highest BCUT2D eigenvalue weighted by Gasteiger charge is 2.17. The van der Waals surface area contributed by atoms with Crippen LogP contribution in [0.25, 0.3) is 16.6 Å². The zero-order chi connectivity index (χ0) is 19.9. The minimum absolute atomic E-state index is 0.0184. The minimum Gasteiger partial charge on any atom is -0.279 e. The second-order valence-electron chi connectivity index (χ2n) is 5.76. The van der Waals surface area contributed by atoms with Gasteiger partial charge in [0.1, 0.15) is 5.02 Å². The number of hydrogen-bond donors (Lipinski definition) is 2. The molecule has 0 aliphatic carbocycles. The van der Waals surface area contributed by atoms with Gasteiger partial charge in [-0.1, -0.05) is 29.3 Å². The van der Waals surface area contributed by atoms with Gasteiger partial charge >= 0.3 is 0 Å². The van der Waals surface area contributed by atoms with Crippen molar-refractivity contribution in [2.24, 2.45) is 0 Å². The van der Waals surface area contributed by atoms with Gasteiger partial charge in [-0.2, -0.15) is 14.9 Å². The average Bonchev–Trinajstić information content (AvgIpc) is 3.16. The highest BCUT2D eigenvalue weighted by atomic mass is 35.5. The van der Waals surface area contributed by atoms with Crippen LogP contribution in [0.4, 0.5) is 5.69 Å². The van der Waals surface area contributed by atoms with Gasteiger partial charge in [0.25, 0.3) is 15.6 Å². The van der Waals surface area contributed by atoms with Gasteiger partial charge in [-0.05, 0) is 36.4 Å². The number of rotatable bonds is 4. The predicted molar refractivity (Wildman–Crippen MR) is 107 cm³/mol. The second kappa shape index (κ2) is 6.93. The highest BCUT2D eigenvalue weighted by Crippen LogP contribution is 2.24. The first-order chi connectivity index (χ1) is 13.4. The molecular weight excluding hydrogens is 425 g/mol. The molecule has 0 unspecified atom stereocenters. The number of H-pyrrole nitrogens is 1. The molecule has 0 atom stereocenters. The van der Waals surface area contributed by atoms with Crippen LogP contribution in [-0.2, 0) is 10.0 Å². The molecule has 2 N–H and O–H groups in total. The Morgan fingerprint density at radius 3 is 2.54 bits per heavy atom. The molecule has 2 aromatic carbocycles. The van der Waals surface area contributed by atoms with Crippen molar-refractivity contribution in [2.75, 3.05) is 4.72 Å². The molecule has 142 valence electrons. The largest absolute Gasteiger partial charge is 0.291 e. The van der Waals surface area contributed by atoms with Crippen molar-refractivity contribution in [3.8, 4) is 5.69 Å². The Kier molecular flexibility index (Phi) is 4.58. The molecule has 0 amide bonds. The Balaban J connectivity index is 1.67. The molecule has 0 aliphatic rings. The van der Waals surface area contributed by atoms with Gasteiger partial charge in [-0.25, -0.2) is 8.42 Å². The van der Waals surface area contributed by atoms with Gasteiger partial charge in [0.15, 0.2) is 0 Å². The van der Waals surface area contributed by atoms with Crippen LogP contribution in [0.1, 0.15) is 0 Å². The summed E-state index contributed by atoms with van der Waals surface area (Å²) >= 11 is 11.6. The summed E-state index contributed by atoms with van der Waals surface area (Å²) in [6, 6.07) is 10.8. The molecule has 28 heavy (non-hydrogen) atoms. The van der Waals surface area contributed by atoms with Crippen molar-refractivity contribution >= 4 is 49.8 Å². The number of anilines is 1. The summed E-state index contributed by atoms with van der Waals surface area (Å²) in [6.45, 7) is 0. The lowest BCUT2D eigenvalue weighted by Gasteiger charge is -2.10. The SMILES string of the molecule is O=c1c(Cl)c(Cl)cnn1-c1ccc(S(=O)(=O)Nc2cccc3[nH]ncc23)cc1. The van der Waals surface area contributed by atoms with E-state index in [1.54, 1.807) is 24.4 Å². The van der Waals surface area contributed by atoms with E-state index in [9.17, 15) is 13.2 Å². The number of halogens is 2. The third-order valence-electron chi connectivity index (χ3n) is 4.00. The van der Waals surface area contributed by atoms with Crippen molar-refractivity contribution in [1.29, 1.82) is 0 Å². The average molecular weight is 436 g/mol. The van der Waals surface area contributed by atoms with Crippen molar-refractivity contribution in [2.45, 2.75) is 4.90 Å². The summed E-state index contributed by atoms with van der Waals surface area (Å²) in [4.78, 5) is 12.2. The number of sulfonamides is 1. The van der Waals surface area contributed by atoms with Gasteiger partial charge in [-0.3, -0.25) is 14.6 Å². The Bertz CT molecular complexity index is 1350. The second-order valence-corrected chi connectivity index (χ2v) is 8.23. The topological polar surface area (TPSA) is 110 Å². The van der Waals surface area contributed by atoms with Crippen molar-refractivity contribution in [3.63, 3.8) is 0 Å². The smallest absolute Gasteiger partial charge is 0.279 e. The van der Waals surface area contributed by atoms with Crippen LogP contribution >= 0.6 is 23.2 Å². The van der Waals surface area contributed by atoms with E-state index < -0.39 is 15.6 Å². The first kappa shape index (κ1) is 18.5. The fourth-order valence-electron chi connectivity index (χ4n) is 2.62. The molecule has 4 rings (SSSR count). The van der Waals surface area contributed by atoms with Crippen LogP contribution in [0.5, 0.6) is 0 Å². The van der Waals surface area contributed by atoms with Crippen LogP contribution in [0.3, 0.4) is 0 Å². The molecule has 0 fully saturated rings. The fraction of sp³-hybridized carbons (Fsp3) is 0. The van der Waals surface area contributed by atoms with Crippen LogP contribution in [0.15, 0.2) is 64.5 Å². The van der Waals surface area contributed by atoms with Crippen LogP contribution < -0.4 is 10.3 Å². The molecule has 11 heteroatoms. The van der Waals surface area contributed by atoms with Gasteiger partial charge in [0, 0.05) is 5.39 Å². The first-order valence-electron chi connectivity index (χ1n) is 7.85. The molecule has 0 saturated heterocycles. The quantitative estimate of drug-likeness (QED) is 0.511. The summed E-state index contributed by atoms with van der Waals surface area (Å²) in [5.41, 5.74) is 0.854. The lowest BCUT2D eigenvalue weighted by Crippen LogP contribution is -2.21. The maximum atomic E-state index is 12.7. The van der Waals surface area contributed by atoms with Crippen molar-refractivity contribution in [1.82, 2.24) is 20.0 Å². The van der Waals surface area contributed by atoms with E-state index in [2.05, 4.69) is 20.0 Å². The molecular formula is C17H11Cl2N5O3S. The predicted octanol–water partition coefficient (Wildman–Crippen LogP) is 3.22. The Morgan fingerprint density at radius 1 is 1.04 bits per heavy atom. The van der Waals surface area contributed by atoms with E-state index in [4.69, 9.17) is 23.2 Å². The maximum absolute atomic E-state index is 12.7. The Labute approximate surface area is 168 Å². The fourth-order valence-corrected chi connectivity index (χ4v) is 3.96. The lowest BCUT2D eigenvalue weighted by molar-refractivity contribution is 0.601. The summed E-state index contributed by atoms with van der Waals surface area (Å²) in [6.07, 6.45) is 2.78. The molecule has 0 bridgehead atoms. The highest BCUT2D eigenvalue weighted by molar-refractivity contribution is 7.92. The van der Waals surface area contributed by atoms with Crippen LogP contribution in [-0.4, -0.2) is 28.4 Å². The van der Waals surface area contributed by atoms with E-state index in [1.807, 2.05) is 0 Å². The third kappa shape index (κ3) is 3.24. The molecule has 0 radical (unpaired) electrons. The van der Waals surface area contributed by atoms with E-state index in [1.165, 1.54) is 30.5 Å². The van der Waals surface area contributed by atoms with E-state index in [0.29, 0.717) is 22.3 Å². The Hall–Kier alpha value is -2.88. The van der Waals surface area contributed by atoms with Crippen LogP contribution in [0.2, 0.25) is 10.0 Å². The molecule has 8 nitrogen and oxygen atoms in total. The van der Waals surface area contributed by atoms with E-state index >= 15 is 0 Å². The molecule has 0 spiro atoms. The molecule has 0 saturated carbocycles. The Morgan fingerprint density at radius 2 is 1.79 bits per heavy atom. The zero-order valence-electron chi connectivity index (χ0n) is 13.9. The van der Waals surface area contributed by atoms with Gasteiger partial charge in [0.05, 0.1) is 39.2 Å². The minimum atomic E-state index is -3.85.